The molecule has 1 aromatic carbocycles. The second-order valence-corrected chi connectivity index (χ2v) is 5.02. The van der Waals surface area contributed by atoms with Crippen molar-refractivity contribution in [3.63, 3.8) is 0 Å². The Balaban J connectivity index is 1.94. The maximum Gasteiger partial charge on any atom is 0.244 e. The SMILES string of the molecule is CCC(CCO)NC(=O)/C=C/c1ccc(-n2ccnc2)cc1. The molecule has 0 aliphatic carbocycles. The summed E-state index contributed by atoms with van der Waals surface area (Å²) in [5.41, 5.74) is 1.97. The van der Waals surface area contributed by atoms with Crippen molar-refractivity contribution in [2.24, 2.45) is 0 Å². The lowest BCUT2D eigenvalue weighted by Crippen LogP contribution is -2.33. The molecule has 0 aliphatic rings. The number of aromatic nitrogens is 2. The topological polar surface area (TPSA) is 67.2 Å². The number of hydrogen-bond donors (Lipinski definition) is 2. The third kappa shape index (κ3) is 4.56. The molecule has 1 heterocycles. The van der Waals surface area contributed by atoms with Crippen LogP contribution in [0.2, 0.25) is 0 Å². The van der Waals surface area contributed by atoms with Gasteiger partial charge < -0.3 is 15.0 Å². The fraction of sp³-hybridized carbons (Fsp3) is 0.294. The van der Waals surface area contributed by atoms with Gasteiger partial charge in [-0.05, 0) is 36.6 Å². The number of nitrogens with one attached hydrogen (secondary N) is 1. The summed E-state index contributed by atoms with van der Waals surface area (Å²) >= 11 is 0. The van der Waals surface area contributed by atoms with Crippen molar-refractivity contribution in [2.45, 2.75) is 25.8 Å². The molecule has 0 fully saturated rings. The molecule has 0 radical (unpaired) electrons. The number of nitrogens with zero attached hydrogens (tertiary/aromatic N) is 2. The van der Waals surface area contributed by atoms with E-state index in [9.17, 15) is 4.79 Å². The number of amides is 1. The Kier molecular flexibility index (Phi) is 5.91. The maximum absolute atomic E-state index is 11.8. The van der Waals surface area contributed by atoms with Crippen LogP contribution in [0.1, 0.15) is 25.3 Å². The van der Waals surface area contributed by atoms with Crippen LogP contribution in [0.4, 0.5) is 0 Å². The van der Waals surface area contributed by atoms with E-state index in [-0.39, 0.29) is 18.6 Å². The van der Waals surface area contributed by atoms with Crippen molar-refractivity contribution in [3.05, 3.63) is 54.6 Å². The zero-order chi connectivity index (χ0) is 15.8. The lowest BCUT2D eigenvalue weighted by atomic mass is 10.1. The van der Waals surface area contributed by atoms with Crippen molar-refractivity contribution in [3.8, 4) is 5.69 Å². The van der Waals surface area contributed by atoms with Gasteiger partial charge in [0.05, 0.1) is 6.33 Å². The van der Waals surface area contributed by atoms with Crippen LogP contribution in [0.15, 0.2) is 49.1 Å². The number of aliphatic hydroxyl groups is 1. The summed E-state index contributed by atoms with van der Waals surface area (Å²) in [6.45, 7) is 2.07. The summed E-state index contributed by atoms with van der Waals surface area (Å²) in [6, 6.07) is 7.86. The molecular formula is C17H21N3O2. The van der Waals surface area contributed by atoms with Crippen LogP contribution in [0, 0.1) is 0 Å². The molecule has 0 saturated carbocycles. The molecule has 22 heavy (non-hydrogen) atoms. The van der Waals surface area contributed by atoms with Crippen LogP contribution in [-0.2, 0) is 4.79 Å². The standard InChI is InChI=1S/C17H21N3O2/c1-2-15(9-12-21)19-17(22)8-5-14-3-6-16(7-4-14)20-11-10-18-13-20/h3-8,10-11,13,15,21H,2,9,12H2,1H3,(H,19,22)/b8-5+. The summed E-state index contributed by atoms with van der Waals surface area (Å²) in [5.74, 6) is -0.140. The second kappa shape index (κ2) is 8.14. The average Bonchev–Trinajstić information content (AvgIpc) is 3.07. The van der Waals surface area contributed by atoms with Gasteiger partial charge in [-0.15, -0.1) is 0 Å². The van der Waals surface area contributed by atoms with Crippen LogP contribution >= 0.6 is 0 Å². The van der Waals surface area contributed by atoms with Gasteiger partial charge in [0.2, 0.25) is 5.91 Å². The highest BCUT2D eigenvalue weighted by Gasteiger charge is 2.07. The van der Waals surface area contributed by atoms with Gasteiger partial charge in [-0.25, -0.2) is 4.98 Å². The van der Waals surface area contributed by atoms with E-state index in [4.69, 9.17) is 5.11 Å². The third-order valence-electron chi connectivity index (χ3n) is 3.44. The van der Waals surface area contributed by atoms with Gasteiger partial charge in [-0.3, -0.25) is 4.79 Å². The number of imidazole rings is 1. The number of benzene rings is 1. The Labute approximate surface area is 130 Å². The number of carbonyl (C=O) groups excluding carboxylic acids is 1. The molecule has 0 aliphatic heterocycles. The quantitative estimate of drug-likeness (QED) is 0.770. The summed E-state index contributed by atoms with van der Waals surface area (Å²) in [5, 5.41) is 11.8. The van der Waals surface area contributed by atoms with Crippen molar-refractivity contribution in [2.75, 3.05) is 6.61 Å². The molecule has 0 bridgehead atoms. The first-order valence-corrected chi connectivity index (χ1v) is 7.40. The van der Waals surface area contributed by atoms with Gasteiger partial charge in [0, 0.05) is 36.8 Å². The monoisotopic (exact) mass is 299 g/mol. The molecule has 0 spiro atoms. The molecule has 5 heteroatoms. The third-order valence-corrected chi connectivity index (χ3v) is 3.44. The molecule has 0 saturated heterocycles. The van der Waals surface area contributed by atoms with E-state index in [1.807, 2.05) is 42.0 Å². The summed E-state index contributed by atoms with van der Waals surface area (Å²) < 4.78 is 1.92. The number of rotatable bonds is 7. The van der Waals surface area contributed by atoms with Crippen LogP contribution in [0.3, 0.4) is 0 Å². The first-order valence-electron chi connectivity index (χ1n) is 7.40. The van der Waals surface area contributed by atoms with Gasteiger partial charge >= 0.3 is 0 Å². The first-order chi connectivity index (χ1) is 10.7. The Bertz CT molecular complexity index is 603. The normalized spacial score (nSPS) is 12.5. The van der Waals surface area contributed by atoms with Gasteiger partial charge in [0.25, 0.3) is 0 Å². The van der Waals surface area contributed by atoms with Gasteiger partial charge in [0.15, 0.2) is 0 Å². The minimum Gasteiger partial charge on any atom is -0.396 e. The fourth-order valence-corrected chi connectivity index (χ4v) is 2.12. The molecule has 1 atom stereocenters. The van der Waals surface area contributed by atoms with E-state index in [1.54, 1.807) is 18.6 Å². The fourth-order valence-electron chi connectivity index (χ4n) is 2.12. The Morgan fingerprint density at radius 1 is 1.41 bits per heavy atom. The molecule has 1 unspecified atom stereocenters. The zero-order valence-corrected chi connectivity index (χ0v) is 12.6. The lowest BCUT2D eigenvalue weighted by Gasteiger charge is -2.13. The van der Waals surface area contributed by atoms with E-state index >= 15 is 0 Å². The second-order valence-electron chi connectivity index (χ2n) is 5.02. The molecule has 2 rings (SSSR count). The smallest absolute Gasteiger partial charge is 0.244 e. The predicted octanol–water partition coefficient (Wildman–Crippen LogP) is 2.16. The Morgan fingerprint density at radius 3 is 2.77 bits per heavy atom. The van der Waals surface area contributed by atoms with E-state index in [0.29, 0.717) is 6.42 Å². The lowest BCUT2D eigenvalue weighted by molar-refractivity contribution is -0.117. The van der Waals surface area contributed by atoms with Crippen LogP contribution in [0.25, 0.3) is 11.8 Å². The van der Waals surface area contributed by atoms with Crippen LogP contribution < -0.4 is 5.32 Å². The largest absolute Gasteiger partial charge is 0.396 e. The number of carbonyl (C=O) groups is 1. The molecule has 1 amide bonds. The summed E-state index contributed by atoms with van der Waals surface area (Å²) in [4.78, 5) is 15.8. The van der Waals surface area contributed by atoms with Crippen LogP contribution in [-0.4, -0.2) is 33.2 Å². The van der Waals surface area contributed by atoms with E-state index in [1.165, 1.54) is 6.08 Å². The van der Waals surface area contributed by atoms with E-state index in [0.717, 1.165) is 17.7 Å². The molecular weight excluding hydrogens is 278 g/mol. The van der Waals surface area contributed by atoms with Crippen molar-refractivity contribution in [1.82, 2.24) is 14.9 Å². The highest BCUT2D eigenvalue weighted by atomic mass is 16.3. The first kappa shape index (κ1) is 16.0. The van der Waals surface area contributed by atoms with Crippen LogP contribution in [0.5, 0.6) is 0 Å². The summed E-state index contributed by atoms with van der Waals surface area (Å²) in [6.07, 6.45) is 10.0. The maximum atomic E-state index is 11.8. The number of aliphatic hydroxyl groups excluding tert-OH is 1. The van der Waals surface area contributed by atoms with Gasteiger partial charge in [-0.1, -0.05) is 19.1 Å². The van der Waals surface area contributed by atoms with Crippen molar-refractivity contribution >= 4 is 12.0 Å². The van der Waals surface area contributed by atoms with Crippen molar-refractivity contribution in [1.29, 1.82) is 0 Å². The number of hydrogen-bond acceptors (Lipinski definition) is 3. The minimum atomic E-state index is -0.140. The molecule has 1 aromatic heterocycles. The molecule has 5 nitrogen and oxygen atoms in total. The zero-order valence-electron chi connectivity index (χ0n) is 12.6. The molecule has 116 valence electrons. The summed E-state index contributed by atoms with van der Waals surface area (Å²) in [7, 11) is 0. The predicted molar refractivity (Wildman–Crippen MR) is 86.5 cm³/mol. The highest BCUT2D eigenvalue weighted by molar-refractivity contribution is 5.91. The minimum absolute atomic E-state index is 0.0192. The van der Waals surface area contributed by atoms with Crippen molar-refractivity contribution < 1.29 is 9.90 Å². The Morgan fingerprint density at radius 2 is 2.18 bits per heavy atom. The molecule has 2 aromatic rings. The van der Waals surface area contributed by atoms with E-state index < -0.39 is 0 Å². The van der Waals surface area contributed by atoms with Gasteiger partial charge in [-0.2, -0.15) is 0 Å². The average molecular weight is 299 g/mol. The highest BCUT2D eigenvalue weighted by Crippen LogP contribution is 2.10. The molecule has 2 N–H and O–H groups in total. The van der Waals surface area contributed by atoms with Gasteiger partial charge in [0.1, 0.15) is 0 Å². The Hall–Kier alpha value is -2.40. The van der Waals surface area contributed by atoms with E-state index in [2.05, 4.69) is 10.3 Å².